The first kappa shape index (κ1) is 16.6. The Balaban J connectivity index is 2.04. The predicted molar refractivity (Wildman–Crippen MR) is 79.4 cm³/mol. The molecule has 0 N–H and O–H groups in total. The van der Waals surface area contributed by atoms with Crippen LogP contribution in [0.2, 0.25) is 0 Å². The van der Waals surface area contributed by atoms with E-state index in [1.54, 1.807) is 12.1 Å². The van der Waals surface area contributed by atoms with Gasteiger partial charge in [-0.05, 0) is 50.0 Å². The number of alkyl halides is 3. The highest BCUT2D eigenvalue weighted by molar-refractivity contribution is 9.10. The molecule has 0 spiro atoms. The molecule has 0 amide bonds. The topological polar surface area (TPSA) is 12.5 Å². The van der Waals surface area contributed by atoms with Crippen LogP contribution in [0, 0.1) is 5.92 Å². The van der Waals surface area contributed by atoms with E-state index in [-0.39, 0.29) is 0 Å². The van der Waals surface area contributed by atoms with Crippen molar-refractivity contribution in [1.82, 2.24) is 4.90 Å². The van der Waals surface area contributed by atoms with Crippen LogP contribution in [0.3, 0.4) is 0 Å². The largest absolute Gasteiger partial charge is 0.484 e. The van der Waals surface area contributed by atoms with E-state index in [9.17, 15) is 13.2 Å². The minimum Gasteiger partial charge on any atom is -0.484 e. The molecule has 6 heteroatoms. The first-order valence-electron chi connectivity index (χ1n) is 7.04. The second kappa shape index (κ2) is 7.01. The van der Waals surface area contributed by atoms with Gasteiger partial charge < -0.3 is 4.74 Å². The number of ether oxygens (including phenoxy) is 1. The highest BCUT2D eigenvalue weighted by Gasteiger charge is 2.29. The van der Waals surface area contributed by atoms with Gasteiger partial charge >= 0.3 is 6.18 Å². The number of hydrogen-bond acceptors (Lipinski definition) is 2. The maximum Gasteiger partial charge on any atom is 0.422 e. The van der Waals surface area contributed by atoms with Crippen LogP contribution in [0.15, 0.2) is 22.7 Å². The highest BCUT2D eigenvalue weighted by Crippen LogP contribution is 2.28. The number of rotatable bonds is 4. The van der Waals surface area contributed by atoms with Gasteiger partial charge in [-0.2, -0.15) is 13.2 Å². The van der Waals surface area contributed by atoms with Gasteiger partial charge in [0.05, 0.1) is 0 Å². The summed E-state index contributed by atoms with van der Waals surface area (Å²) in [5.41, 5.74) is 0.795. The van der Waals surface area contributed by atoms with Gasteiger partial charge in [0.2, 0.25) is 0 Å². The van der Waals surface area contributed by atoms with E-state index in [4.69, 9.17) is 4.74 Å². The lowest BCUT2D eigenvalue weighted by Crippen LogP contribution is -2.32. The summed E-state index contributed by atoms with van der Waals surface area (Å²) < 4.78 is 42.7. The van der Waals surface area contributed by atoms with E-state index >= 15 is 0 Å². The molecule has 0 bridgehead atoms. The smallest absolute Gasteiger partial charge is 0.422 e. The lowest BCUT2D eigenvalue weighted by atomic mass is 9.99. The maximum atomic E-state index is 12.3. The third-order valence-corrected chi connectivity index (χ3v) is 4.18. The summed E-state index contributed by atoms with van der Waals surface area (Å²) >= 11 is 3.36. The fourth-order valence-corrected chi connectivity index (χ4v) is 2.84. The molecule has 21 heavy (non-hydrogen) atoms. The van der Waals surface area contributed by atoms with Crippen molar-refractivity contribution in [3.8, 4) is 5.75 Å². The van der Waals surface area contributed by atoms with E-state index in [0.29, 0.717) is 12.3 Å². The van der Waals surface area contributed by atoms with Gasteiger partial charge in [-0.1, -0.05) is 22.9 Å². The number of nitrogens with zero attached hydrogens (tertiary/aromatic N) is 1. The molecule has 0 atom stereocenters. The number of benzene rings is 1. The zero-order valence-electron chi connectivity index (χ0n) is 11.9. The molecule has 0 saturated carbocycles. The molecule has 2 rings (SSSR count). The Morgan fingerprint density at radius 1 is 1.29 bits per heavy atom. The standard InChI is InChI=1S/C15H19BrF3NO/c1-11-4-6-20(7-5-11)9-12-8-13(16)2-3-14(12)21-10-15(17,18)19/h2-3,8,11H,4-7,9-10H2,1H3. The van der Waals surface area contributed by atoms with Gasteiger partial charge in [-0.25, -0.2) is 0 Å². The summed E-state index contributed by atoms with van der Waals surface area (Å²) in [6.07, 6.45) is -2.05. The third-order valence-electron chi connectivity index (χ3n) is 3.68. The molecular formula is C15H19BrF3NO. The Bertz CT molecular complexity index is 470. The van der Waals surface area contributed by atoms with Crippen molar-refractivity contribution in [3.63, 3.8) is 0 Å². The molecular weight excluding hydrogens is 347 g/mol. The maximum absolute atomic E-state index is 12.3. The Morgan fingerprint density at radius 2 is 1.95 bits per heavy atom. The van der Waals surface area contributed by atoms with E-state index < -0.39 is 12.8 Å². The van der Waals surface area contributed by atoms with Crippen molar-refractivity contribution in [2.75, 3.05) is 19.7 Å². The molecule has 1 heterocycles. The normalized spacial score (nSPS) is 18.0. The van der Waals surface area contributed by atoms with E-state index in [0.717, 1.165) is 41.9 Å². The quantitative estimate of drug-likeness (QED) is 0.771. The van der Waals surface area contributed by atoms with Crippen LogP contribution in [0.1, 0.15) is 25.3 Å². The minimum atomic E-state index is -4.31. The molecule has 0 aliphatic carbocycles. The fraction of sp³-hybridized carbons (Fsp3) is 0.600. The number of likely N-dealkylation sites (tertiary alicyclic amines) is 1. The second-order valence-electron chi connectivity index (χ2n) is 5.61. The molecule has 1 aliphatic rings. The van der Waals surface area contributed by atoms with Crippen LogP contribution in [0.4, 0.5) is 13.2 Å². The van der Waals surface area contributed by atoms with Crippen molar-refractivity contribution in [3.05, 3.63) is 28.2 Å². The molecule has 1 saturated heterocycles. The molecule has 1 fully saturated rings. The zero-order chi connectivity index (χ0) is 15.5. The molecule has 1 aromatic carbocycles. The number of halogens is 4. The van der Waals surface area contributed by atoms with Crippen LogP contribution in [0.25, 0.3) is 0 Å². The lowest BCUT2D eigenvalue weighted by Gasteiger charge is -2.30. The molecule has 0 radical (unpaired) electrons. The SMILES string of the molecule is CC1CCN(Cc2cc(Br)ccc2OCC(F)(F)F)CC1. The van der Waals surface area contributed by atoms with Crippen LogP contribution in [-0.2, 0) is 6.54 Å². The Hall–Kier alpha value is -0.750. The molecule has 118 valence electrons. The Morgan fingerprint density at radius 3 is 2.57 bits per heavy atom. The van der Waals surface area contributed by atoms with Crippen molar-refractivity contribution < 1.29 is 17.9 Å². The second-order valence-corrected chi connectivity index (χ2v) is 6.53. The Kier molecular flexibility index (Phi) is 5.54. The summed E-state index contributed by atoms with van der Waals surface area (Å²) in [6, 6.07) is 5.13. The van der Waals surface area contributed by atoms with E-state index in [1.807, 2.05) is 6.07 Å². The Labute approximate surface area is 131 Å². The molecule has 1 aliphatic heterocycles. The summed E-state index contributed by atoms with van der Waals surface area (Å²) in [7, 11) is 0. The number of piperidine rings is 1. The van der Waals surface area contributed by atoms with Gasteiger partial charge in [0, 0.05) is 16.6 Å². The molecule has 0 aromatic heterocycles. The minimum absolute atomic E-state index is 0.314. The number of hydrogen-bond donors (Lipinski definition) is 0. The first-order valence-corrected chi connectivity index (χ1v) is 7.83. The summed E-state index contributed by atoms with van der Waals surface area (Å²) in [6.45, 7) is 3.56. The molecule has 2 nitrogen and oxygen atoms in total. The van der Waals surface area contributed by atoms with E-state index in [1.165, 1.54) is 0 Å². The van der Waals surface area contributed by atoms with Gasteiger partial charge in [0.15, 0.2) is 6.61 Å². The average molecular weight is 366 g/mol. The van der Waals surface area contributed by atoms with Gasteiger partial charge in [0.1, 0.15) is 5.75 Å². The summed E-state index contributed by atoms with van der Waals surface area (Å²) in [5, 5.41) is 0. The first-order chi connectivity index (χ1) is 9.83. The zero-order valence-corrected chi connectivity index (χ0v) is 13.5. The van der Waals surface area contributed by atoms with Crippen LogP contribution >= 0.6 is 15.9 Å². The van der Waals surface area contributed by atoms with Gasteiger partial charge in [0.25, 0.3) is 0 Å². The predicted octanol–water partition coefficient (Wildman–Crippen LogP) is 4.62. The molecule has 1 aromatic rings. The van der Waals surface area contributed by atoms with Gasteiger partial charge in [-0.15, -0.1) is 0 Å². The third kappa shape index (κ3) is 5.51. The van der Waals surface area contributed by atoms with Crippen LogP contribution in [-0.4, -0.2) is 30.8 Å². The van der Waals surface area contributed by atoms with Crippen molar-refractivity contribution in [2.24, 2.45) is 5.92 Å². The van der Waals surface area contributed by atoms with Crippen molar-refractivity contribution >= 4 is 15.9 Å². The highest BCUT2D eigenvalue weighted by atomic mass is 79.9. The monoisotopic (exact) mass is 365 g/mol. The fourth-order valence-electron chi connectivity index (χ4n) is 2.43. The summed E-state index contributed by atoms with van der Waals surface area (Å²) in [4.78, 5) is 2.27. The van der Waals surface area contributed by atoms with E-state index in [2.05, 4.69) is 27.8 Å². The van der Waals surface area contributed by atoms with Crippen molar-refractivity contribution in [1.29, 1.82) is 0 Å². The van der Waals surface area contributed by atoms with Crippen LogP contribution < -0.4 is 4.74 Å². The van der Waals surface area contributed by atoms with Crippen molar-refractivity contribution in [2.45, 2.75) is 32.5 Å². The van der Waals surface area contributed by atoms with Crippen LogP contribution in [0.5, 0.6) is 5.75 Å². The molecule has 0 unspecified atom stereocenters. The summed E-state index contributed by atoms with van der Waals surface area (Å²) in [5.74, 6) is 1.04. The average Bonchev–Trinajstić information content (AvgIpc) is 2.39. The van der Waals surface area contributed by atoms with Gasteiger partial charge in [-0.3, -0.25) is 4.90 Å². The lowest BCUT2D eigenvalue weighted by molar-refractivity contribution is -0.153.